The highest BCUT2D eigenvalue weighted by molar-refractivity contribution is 4.73. The van der Waals surface area contributed by atoms with Gasteiger partial charge in [-0.05, 0) is 17.8 Å². The van der Waals surface area contributed by atoms with Gasteiger partial charge in [0.05, 0.1) is 0 Å². The number of hydrogen-bond donors (Lipinski definition) is 0. The minimum Gasteiger partial charge on any atom is -0.301 e. The van der Waals surface area contributed by atoms with Crippen LogP contribution in [-0.4, -0.2) is 73.6 Å². The maximum Gasteiger partial charge on any atom is 0.0110 e. The van der Waals surface area contributed by atoms with Crippen LogP contribution in [0.1, 0.15) is 41.5 Å². The van der Waals surface area contributed by atoms with Gasteiger partial charge in [0.15, 0.2) is 0 Å². The lowest BCUT2D eigenvalue weighted by Gasteiger charge is -2.27. The lowest BCUT2D eigenvalue weighted by molar-refractivity contribution is 0.193. The molecule has 0 aromatic carbocycles. The molecule has 3 nitrogen and oxygen atoms in total. The molecule has 1 aliphatic heterocycles. The van der Waals surface area contributed by atoms with E-state index in [9.17, 15) is 0 Å². The Kier molecular flexibility index (Phi) is 8.84. The largest absolute Gasteiger partial charge is 0.301 e. The van der Waals surface area contributed by atoms with Crippen molar-refractivity contribution in [2.45, 2.75) is 41.5 Å². The van der Waals surface area contributed by atoms with E-state index in [2.05, 4.69) is 56.2 Å². The summed E-state index contributed by atoms with van der Waals surface area (Å²) in [6.07, 6.45) is 0. The molecule has 0 bridgehead atoms. The van der Waals surface area contributed by atoms with Gasteiger partial charge in [-0.2, -0.15) is 0 Å². The van der Waals surface area contributed by atoms with E-state index in [0.29, 0.717) is 0 Å². The minimum atomic E-state index is 0.767. The first-order chi connectivity index (χ1) is 9.86. The molecule has 1 aliphatic rings. The Morgan fingerprint density at radius 2 is 0.667 bits per heavy atom. The van der Waals surface area contributed by atoms with Crippen molar-refractivity contribution in [3.8, 4) is 0 Å². The summed E-state index contributed by atoms with van der Waals surface area (Å²) in [5.41, 5.74) is 0. The van der Waals surface area contributed by atoms with Crippen LogP contribution in [0.25, 0.3) is 0 Å². The second-order valence-corrected chi connectivity index (χ2v) is 8.08. The van der Waals surface area contributed by atoms with Gasteiger partial charge in [-0.1, -0.05) is 41.5 Å². The van der Waals surface area contributed by atoms with Crippen LogP contribution in [0.15, 0.2) is 0 Å². The van der Waals surface area contributed by atoms with Gasteiger partial charge < -0.3 is 14.7 Å². The lowest BCUT2D eigenvalue weighted by atomic mass is 10.2. The fourth-order valence-corrected chi connectivity index (χ4v) is 3.28. The Balaban J connectivity index is 2.62. The summed E-state index contributed by atoms with van der Waals surface area (Å²) in [4.78, 5) is 8.03. The van der Waals surface area contributed by atoms with Crippen LogP contribution in [0.4, 0.5) is 0 Å². The standard InChI is InChI=1S/C18H39N3/c1-16(2)13-19-7-9-20(14-17(3)4)11-12-21(10-8-19)15-18(5)6/h16-18H,7-15H2,1-6H3. The summed E-state index contributed by atoms with van der Waals surface area (Å²) < 4.78 is 0. The number of rotatable bonds is 6. The van der Waals surface area contributed by atoms with Crippen molar-refractivity contribution < 1.29 is 0 Å². The van der Waals surface area contributed by atoms with E-state index in [1.807, 2.05) is 0 Å². The Morgan fingerprint density at radius 1 is 0.476 bits per heavy atom. The third-order valence-corrected chi connectivity index (χ3v) is 4.07. The Morgan fingerprint density at radius 3 is 0.810 bits per heavy atom. The molecule has 1 rings (SSSR count). The van der Waals surface area contributed by atoms with Crippen LogP contribution >= 0.6 is 0 Å². The predicted octanol–water partition coefficient (Wildman–Crippen LogP) is 2.87. The molecule has 126 valence electrons. The number of nitrogens with zero attached hydrogens (tertiary/aromatic N) is 3. The van der Waals surface area contributed by atoms with E-state index in [1.54, 1.807) is 0 Å². The fraction of sp³-hybridized carbons (Fsp3) is 1.00. The maximum atomic E-state index is 2.68. The zero-order valence-electron chi connectivity index (χ0n) is 15.4. The van der Waals surface area contributed by atoms with Crippen molar-refractivity contribution in [3.63, 3.8) is 0 Å². The maximum absolute atomic E-state index is 2.68. The zero-order valence-corrected chi connectivity index (χ0v) is 15.4. The highest BCUT2D eigenvalue weighted by Crippen LogP contribution is 2.07. The van der Waals surface area contributed by atoms with Gasteiger partial charge in [0, 0.05) is 58.9 Å². The first kappa shape index (κ1) is 18.9. The zero-order chi connectivity index (χ0) is 15.8. The van der Waals surface area contributed by atoms with Gasteiger partial charge in [-0.25, -0.2) is 0 Å². The molecule has 0 aromatic heterocycles. The highest BCUT2D eigenvalue weighted by atomic mass is 15.3. The molecule has 1 heterocycles. The van der Waals surface area contributed by atoms with Crippen molar-refractivity contribution in [2.75, 3.05) is 58.9 Å². The van der Waals surface area contributed by atoms with E-state index < -0.39 is 0 Å². The monoisotopic (exact) mass is 297 g/mol. The predicted molar refractivity (Wildman–Crippen MR) is 93.8 cm³/mol. The summed E-state index contributed by atoms with van der Waals surface area (Å²) in [6.45, 7) is 25.2. The van der Waals surface area contributed by atoms with Gasteiger partial charge in [0.1, 0.15) is 0 Å². The van der Waals surface area contributed by atoms with E-state index in [-0.39, 0.29) is 0 Å². The SMILES string of the molecule is CC(C)CN1CCN(CC(C)C)CCN(CC(C)C)CC1. The normalized spacial score (nSPS) is 21.0. The average molecular weight is 298 g/mol. The van der Waals surface area contributed by atoms with Crippen molar-refractivity contribution in [2.24, 2.45) is 17.8 Å². The average Bonchev–Trinajstić information content (AvgIpc) is 2.42. The summed E-state index contributed by atoms with van der Waals surface area (Å²) in [5, 5.41) is 0. The van der Waals surface area contributed by atoms with Crippen molar-refractivity contribution in [1.82, 2.24) is 14.7 Å². The minimum absolute atomic E-state index is 0.767. The molecule has 0 radical (unpaired) electrons. The van der Waals surface area contributed by atoms with Crippen LogP contribution in [0, 0.1) is 17.8 Å². The van der Waals surface area contributed by atoms with Crippen molar-refractivity contribution in [1.29, 1.82) is 0 Å². The summed E-state index contributed by atoms with van der Waals surface area (Å²) in [7, 11) is 0. The first-order valence-electron chi connectivity index (χ1n) is 9.03. The van der Waals surface area contributed by atoms with Gasteiger partial charge in [0.2, 0.25) is 0 Å². The molecule has 0 saturated carbocycles. The molecule has 1 saturated heterocycles. The molecule has 0 aromatic rings. The summed E-state index contributed by atoms with van der Waals surface area (Å²) >= 11 is 0. The molecule has 0 unspecified atom stereocenters. The number of hydrogen-bond acceptors (Lipinski definition) is 3. The molecule has 0 spiro atoms. The van der Waals surface area contributed by atoms with Crippen LogP contribution in [0.5, 0.6) is 0 Å². The van der Waals surface area contributed by atoms with Crippen LogP contribution in [0.3, 0.4) is 0 Å². The molecule has 0 amide bonds. The lowest BCUT2D eigenvalue weighted by Crippen LogP contribution is -2.39. The summed E-state index contributed by atoms with van der Waals surface area (Å²) in [5.74, 6) is 2.30. The molecule has 0 N–H and O–H groups in total. The van der Waals surface area contributed by atoms with Crippen LogP contribution in [0.2, 0.25) is 0 Å². The molecular formula is C18H39N3. The smallest absolute Gasteiger partial charge is 0.0110 e. The topological polar surface area (TPSA) is 9.72 Å². The molecule has 0 atom stereocenters. The van der Waals surface area contributed by atoms with Gasteiger partial charge in [0.25, 0.3) is 0 Å². The second-order valence-electron chi connectivity index (χ2n) is 8.08. The third kappa shape index (κ3) is 8.80. The fourth-order valence-electron chi connectivity index (χ4n) is 3.28. The van der Waals surface area contributed by atoms with E-state index >= 15 is 0 Å². The van der Waals surface area contributed by atoms with Crippen molar-refractivity contribution >= 4 is 0 Å². The van der Waals surface area contributed by atoms with Gasteiger partial charge >= 0.3 is 0 Å². The Labute approximate surface area is 133 Å². The molecule has 1 fully saturated rings. The van der Waals surface area contributed by atoms with Crippen molar-refractivity contribution in [3.05, 3.63) is 0 Å². The third-order valence-electron chi connectivity index (χ3n) is 4.07. The molecule has 3 heteroatoms. The first-order valence-corrected chi connectivity index (χ1v) is 9.03. The van der Waals surface area contributed by atoms with E-state index in [1.165, 1.54) is 58.9 Å². The van der Waals surface area contributed by atoms with Crippen LogP contribution in [-0.2, 0) is 0 Å². The molecule has 21 heavy (non-hydrogen) atoms. The quantitative estimate of drug-likeness (QED) is 0.746. The van der Waals surface area contributed by atoms with E-state index in [0.717, 1.165) is 17.8 Å². The second kappa shape index (κ2) is 9.81. The van der Waals surface area contributed by atoms with Gasteiger partial charge in [-0.15, -0.1) is 0 Å². The Hall–Kier alpha value is -0.120. The molecular weight excluding hydrogens is 258 g/mol. The van der Waals surface area contributed by atoms with E-state index in [4.69, 9.17) is 0 Å². The summed E-state index contributed by atoms with van der Waals surface area (Å²) in [6, 6.07) is 0. The van der Waals surface area contributed by atoms with Crippen LogP contribution < -0.4 is 0 Å². The van der Waals surface area contributed by atoms with Gasteiger partial charge in [-0.3, -0.25) is 0 Å². The highest BCUT2D eigenvalue weighted by Gasteiger charge is 2.17. The Bertz CT molecular complexity index is 208. The molecule has 0 aliphatic carbocycles.